The second-order valence-electron chi connectivity index (χ2n) is 5.95. The number of anilines is 1. The van der Waals surface area contributed by atoms with Crippen molar-refractivity contribution in [3.05, 3.63) is 33.4 Å². The van der Waals surface area contributed by atoms with Gasteiger partial charge >= 0.3 is 0 Å². The molecule has 1 aromatic carbocycles. The Morgan fingerprint density at radius 2 is 2.08 bits per heavy atom. The molecule has 2 N–H and O–H groups in total. The Morgan fingerprint density at radius 3 is 2.80 bits per heavy atom. The Hall–Kier alpha value is -2.31. The van der Waals surface area contributed by atoms with E-state index >= 15 is 0 Å². The number of fused-ring (bicyclic) bond motifs is 2. The van der Waals surface area contributed by atoms with Gasteiger partial charge in [-0.15, -0.1) is 0 Å². The lowest BCUT2D eigenvalue weighted by Crippen LogP contribution is -2.07. The van der Waals surface area contributed by atoms with Gasteiger partial charge in [0.1, 0.15) is 17.0 Å². The summed E-state index contributed by atoms with van der Waals surface area (Å²) in [6, 6.07) is 1.63. The standard InChI is InChI=1S/C17H14Cl2N4O2/c1-7-6-23(8(2)24)15-13(7)21-17(20)22-14(15)12-9-3-4-25-16(9)11(19)5-10(12)18/h5-6H,3-4H2,1-2H3,(H2,20,21,22). The van der Waals surface area contributed by atoms with E-state index in [2.05, 4.69) is 9.97 Å². The SMILES string of the molecule is CC(=O)n1cc(C)c2nc(N)nc(-c3c(Cl)cc(Cl)c4c3CCO4)c21. The van der Waals surface area contributed by atoms with Crippen LogP contribution in [0.3, 0.4) is 0 Å². The van der Waals surface area contributed by atoms with Crippen molar-refractivity contribution in [2.75, 3.05) is 12.3 Å². The summed E-state index contributed by atoms with van der Waals surface area (Å²) in [5.41, 5.74) is 10.0. The predicted molar refractivity (Wildman–Crippen MR) is 97.6 cm³/mol. The number of carbonyl (C=O) groups is 1. The topological polar surface area (TPSA) is 83.0 Å². The number of aryl methyl sites for hydroxylation is 1. The van der Waals surface area contributed by atoms with Gasteiger partial charge < -0.3 is 10.5 Å². The highest BCUT2D eigenvalue weighted by Crippen LogP contribution is 2.45. The first kappa shape index (κ1) is 16.2. The Balaban J connectivity index is 2.16. The maximum Gasteiger partial charge on any atom is 0.228 e. The van der Waals surface area contributed by atoms with Crippen LogP contribution in [0.5, 0.6) is 5.75 Å². The summed E-state index contributed by atoms with van der Waals surface area (Å²) in [6.07, 6.45) is 2.38. The van der Waals surface area contributed by atoms with E-state index in [9.17, 15) is 4.79 Å². The number of benzene rings is 1. The van der Waals surface area contributed by atoms with Crippen molar-refractivity contribution in [2.45, 2.75) is 20.3 Å². The van der Waals surface area contributed by atoms with Crippen molar-refractivity contribution >= 4 is 46.1 Å². The van der Waals surface area contributed by atoms with E-state index in [-0.39, 0.29) is 11.9 Å². The molecule has 3 aromatic rings. The average molecular weight is 377 g/mol. The van der Waals surface area contributed by atoms with E-state index in [1.54, 1.807) is 12.3 Å². The predicted octanol–water partition coefficient (Wildman–Crippen LogP) is 3.89. The summed E-state index contributed by atoms with van der Waals surface area (Å²) in [6.45, 7) is 3.86. The van der Waals surface area contributed by atoms with Crippen LogP contribution in [0.25, 0.3) is 22.3 Å². The summed E-state index contributed by atoms with van der Waals surface area (Å²) in [5.74, 6) is 0.570. The van der Waals surface area contributed by atoms with Gasteiger partial charge in [-0.25, -0.2) is 9.97 Å². The quantitative estimate of drug-likeness (QED) is 0.696. The summed E-state index contributed by atoms with van der Waals surface area (Å²) in [7, 11) is 0. The molecule has 6 nitrogen and oxygen atoms in total. The number of nitrogens with two attached hydrogens (primary N) is 1. The second kappa shape index (κ2) is 5.61. The minimum Gasteiger partial charge on any atom is -0.491 e. The minimum atomic E-state index is -0.147. The van der Waals surface area contributed by atoms with E-state index in [4.69, 9.17) is 33.7 Å². The average Bonchev–Trinajstić information content (AvgIpc) is 3.13. The van der Waals surface area contributed by atoms with Crippen LogP contribution < -0.4 is 10.5 Å². The van der Waals surface area contributed by atoms with Gasteiger partial charge in [0, 0.05) is 30.7 Å². The van der Waals surface area contributed by atoms with Gasteiger partial charge in [-0.2, -0.15) is 0 Å². The third-order valence-corrected chi connectivity index (χ3v) is 4.88. The van der Waals surface area contributed by atoms with E-state index in [0.717, 1.165) is 11.1 Å². The molecule has 0 atom stereocenters. The van der Waals surface area contributed by atoms with Crippen molar-refractivity contribution < 1.29 is 9.53 Å². The van der Waals surface area contributed by atoms with Crippen LogP contribution in [0.15, 0.2) is 12.3 Å². The number of carbonyl (C=O) groups excluding carboxylic acids is 1. The molecule has 0 amide bonds. The minimum absolute atomic E-state index is 0.116. The van der Waals surface area contributed by atoms with Crippen molar-refractivity contribution in [3.8, 4) is 17.0 Å². The first-order chi connectivity index (χ1) is 11.9. The highest BCUT2D eigenvalue weighted by molar-refractivity contribution is 6.38. The Labute approximate surface area is 153 Å². The Morgan fingerprint density at radius 1 is 1.32 bits per heavy atom. The van der Waals surface area contributed by atoms with E-state index < -0.39 is 0 Å². The van der Waals surface area contributed by atoms with Crippen LogP contribution in [0.2, 0.25) is 10.0 Å². The van der Waals surface area contributed by atoms with Crippen LogP contribution >= 0.6 is 23.2 Å². The Bertz CT molecular complexity index is 1060. The molecule has 2 aromatic heterocycles. The summed E-state index contributed by atoms with van der Waals surface area (Å²) < 4.78 is 7.15. The number of rotatable bonds is 1. The molecule has 4 rings (SSSR count). The highest BCUT2D eigenvalue weighted by atomic mass is 35.5. The van der Waals surface area contributed by atoms with Gasteiger partial charge in [-0.1, -0.05) is 23.2 Å². The maximum atomic E-state index is 12.1. The lowest BCUT2D eigenvalue weighted by atomic mass is 10.0. The third-order valence-electron chi connectivity index (χ3n) is 4.30. The zero-order valence-corrected chi connectivity index (χ0v) is 15.1. The van der Waals surface area contributed by atoms with Crippen LogP contribution in [-0.2, 0) is 6.42 Å². The molecule has 1 aliphatic heterocycles. The van der Waals surface area contributed by atoms with Crippen LogP contribution in [-0.4, -0.2) is 27.0 Å². The third kappa shape index (κ3) is 2.36. The fraction of sp³-hybridized carbons (Fsp3) is 0.235. The molecule has 0 aliphatic carbocycles. The van der Waals surface area contributed by atoms with Gasteiger partial charge in [0.2, 0.25) is 11.9 Å². The lowest BCUT2D eigenvalue weighted by molar-refractivity contribution is 0.0941. The first-order valence-corrected chi connectivity index (χ1v) is 8.44. The van der Waals surface area contributed by atoms with Gasteiger partial charge in [0.05, 0.1) is 22.2 Å². The molecule has 25 heavy (non-hydrogen) atoms. The van der Waals surface area contributed by atoms with Gasteiger partial charge in [-0.05, 0) is 18.6 Å². The van der Waals surface area contributed by atoms with Gasteiger partial charge in [0.15, 0.2) is 0 Å². The zero-order chi connectivity index (χ0) is 17.9. The molecule has 0 radical (unpaired) electrons. The molecule has 0 fully saturated rings. The molecule has 0 unspecified atom stereocenters. The Kier molecular flexibility index (Phi) is 3.63. The van der Waals surface area contributed by atoms with E-state index in [1.165, 1.54) is 11.5 Å². The number of nitrogens with zero attached hydrogens (tertiary/aromatic N) is 3. The van der Waals surface area contributed by atoms with Gasteiger partial charge in [0.25, 0.3) is 0 Å². The molecule has 8 heteroatoms. The highest BCUT2D eigenvalue weighted by Gasteiger charge is 2.27. The molecule has 0 saturated heterocycles. The van der Waals surface area contributed by atoms with Crippen molar-refractivity contribution in [1.29, 1.82) is 0 Å². The molecular formula is C17H14Cl2N4O2. The molecule has 0 bridgehead atoms. The normalized spacial score (nSPS) is 13.1. The number of aromatic nitrogens is 3. The van der Waals surface area contributed by atoms with E-state index in [1.807, 2.05) is 6.92 Å². The van der Waals surface area contributed by atoms with Gasteiger partial charge in [-0.3, -0.25) is 9.36 Å². The van der Waals surface area contributed by atoms with Crippen LogP contribution in [0.1, 0.15) is 22.8 Å². The van der Waals surface area contributed by atoms with Crippen molar-refractivity contribution in [2.24, 2.45) is 0 Å². The molecule has 0 saturated carbocycles. The van der Waals surface area contributed by atoms with E-state index in [0.29, 0.717) is 51.1 Å². The van der Waals surface area contributed by atoms with Crippen LogP contribution in [0, 0.1) is 6.92 Å². The fourth-order valence-corrected chi connectivity index (χ4v) is 3.92. The first-order valence-electron chi connectivity index (χ1n) is 7.68. The smallest absolute Gasteiger partial charge is 0.228 e. The molecular weight excluding hydrogens is 363 g/mol. The largest absolute Gasteiger partial charge is 0.491 e. The zero-order valence-electron chi connectivity index (χ0n) is 13.6. The molecule has 1 aliphatic rings. The van der Waals surface area contributed by atoms with Crippen molar-refractivity contribution in [1.82, 2.24) is 14.5 Å². The summed E-state index contributed by atoms with van der Waals surface area (Å²) >= 11 is 12.7. The second-order valence-corrected chi connectivity index (χ2v) is 6.76. The van der Waals surface area contributed by atoms with Crippen LogP contribution in [0.4, 0.5) is 5.95 Å². The monoisotopic (exact) mass is 376 g/mol. The fourth-order valence-electron chi connectivity index (χ4n) is 3.27. The number of nitrogen functional groups attached to an aromatic ring is 1. The summed E-state index contributed by atoms with van der Waals surface area (Å²) in [4.78, 5) is 20.8. The summed E-state index contributed by atoms with van der Waals surface area (Å²) in [5, 5.41) is 0.889. The number of hydrogen-bond donors (Lipinski definition) is 1. The molecule has 128 valence electrons. The molecule has 3 heterocycles. The lowest BCUT2D eigenvalue weighted by Gasteiger charge is -2.13. The number of hydrogen-bond acceptors (Lipinski definition) is 5. The van der Waals surface area contributed by atoms with Crippen molar-refractivity contribution in [3.63, 3.8) is 0 Å². The maximum absolute atomic E-state index is 12.1. The number of halogens is 2. The number of ether oxygens (including phenoxy) is 1. The molecule has 0 spiro atoms.